The Labute approximate surface area is 286 Å². The van der Waals surface area contributed by atoms with E-state index >= 15 is 0 Å². The Balaban J connectivity index is 1.14. The van der Waals surface area contributed by atoms with Crippen molar-refractivity contribution in [3.63, 3.8) is 0 Å². The average Bonchev–Trinajstić information content (AvgIpc) is 3.40. The van der Waals surface area contributed by atoms with E-state index in [-0.39, 0.29) is 5.41 Å². The Bertz CT molecular complexity index is 2720. The molecule has 49 heavy (non-hydrogen) atoms. The number of rotatable bonds is 3. The highest BCUT2D eigenvalue weighted by Gasteiger charge is 2.38. The molecule has 1 aliphatic rings. The molecule has 0 heterocycles. The monoisotopic (exact) mass is 622 g/mol. The lowest BCUT2D eigenvalue weighted by molar-refractivity contribution is 0.668. The van der Waals surface area contributed by atoms with Crippen LogP contribution >= 0.6 is 0 Å². The molecule has 0 atom stereocenters. The van der Waals surface area contributed by atoms with E-state index in [4.69, 9.17) is 0 Å². The van der Waals surface area contributed by atoms with Gasteiger partial charge in [0, 0.05) is 5.41 Å². The first-order valence-corrected chi connectivity index (χ1v) is 17.3. The van der Waals surface area contributed by atoms with E-state index in [1.54, 1.807) is 0 Å². The van der Waals surface area contributed by atoms with Crippen LogP contribution in [-0.2, 0) is 5.41 Å². The number of benzene rings is 9. The summed E-state index contributed by atoms with van der Waals surface area (Å²) in [5.74, 6) is 0. The zero-order chi connectivity index (χ0) is 32.7. The molecular formula is C49H34. The second kappa shape index (κ2) is 10.5. The maximum absolute atomic E-state index is 2.40. The number of hydrogen-bond donors (Lipinski definition) is 0. The summed E-state index contributed by atoms with van der Waals surface area (Å²) in [4.78, 5) is 0. The summed E-state index contributed by atoms with van der Waals surface area (Å²) in [5, 5.41) is 10.3. The molecule has 0 spiro atoms. The van der Waals surface area contributed by atoms with Crippen LogP contribution in [0.15, 0.2) is 170 Å². The van der Waals surface area contributed by atoms with Gasteiger partial charge in [-0.3, -0.25) is 0 Å². The van der Waals surface area contributed by atoms with Crippen molar-refractivity contribution >= 4 is 43.1 Å². The van der Waals surface area contributed by atoms with Crippen molar-refractivity contribution in [3.8, 4) is 44.5 Å². The third kappa shape index (κ3) is 4.11. The molecule has 0 N–H and O–H groups in total. The van der Waals surface area contributed by atoms with E-state index in [9.17, 15) is 0 Å². The second-order valence-corrected chi connectivity index (χ2v) is 14.0. The summed E-state index contributed by atoms with van der Waals surface area (Å²) in [6, 6.07) is 63.0. The molecule has 0 bridgehead atoms. The van der Waals surface area contributed by atoms with Crippen LogP contribution < -0.4 is 0 Å². The highest BCUT2D eigenvalue weighted by atomic mass is 14.4. The van der Waals surface area contributed by atoms with Crippen LogP contribution in [0.4, 0.5) is 0 Å². The number of fused-ring (bicyclic) bond motifs is 8. The molecule has 230 valence electrons. The van der Waals surface area contributed by atoms with Crippen LogP contribution in [0.1, 0.15) is 25.0 Å². The maximum atomic E-state index is 2.40. The van der Waals surface area contributed by atoms with E-state index in [0.717, 1.165) is 0 Å². The Morgan fingerprint density at radius 1 is 0.306 bits per heavy atom. The Morgan fingerprint density at radius 3 is 1.45 bits per heavy atom. The minimum atomic E-state index is -0.119. The van der Waals surface area contributed by atoms with Crippen molar-refractivity contribution in [1.29, 1.82) is 0 Å². The molecule has 0 fully saturated rings. The second-order valence-electron chi connectivity index (χ2n) is 14.0. The van der Waals surface area contributed by atoms with Gasteiger partial charge in [-0.15, -0.1) is 0 Å². The SMILES string of the molecule is CC1(C)c2c(-c3ccc(-c4c5ccccc5c(-c5ccc6ccccc6c5)c5ccccc45)cc3)cccc2-c2ccc3ccccc3c21. The molecule has 0 radical (unpaired) electrons. The Hall–Kier alpha value is -5.98. The van der Waals surface area contributed by atoms with Gasteiger partial charge in [0.05, 0.1) is 0 Å². The van der Waals surface area contributed by atoms with Crippen LogP contribution in [0.5, 0.6) is 0 Å². The molecule has 0 saturated carbocycles. The summed E-state index contributed by atoms with van der Waals surface area (Å²) >= 11 is 0. The summed E-state index contributed by atoms with van der Waals surface area (Å²) in [5.41, 5.74) is 13.1. The Morgan fingerprint density at radius 2 is 0.776 bits per heavy atom. The highest BCUT2D eigenvalue weighted by molar-refractivity contribution is 6.21. The molecule has 0 saturated heterocycles. The van der Waals surface area contributed by atoms with E-state index < -0.39 is 0 Å². The first kappa shape index (κ1) is 28.1. The van der Waals surface area contributed by atoms with Gasteiger partial charge in [0.25, 0.3) is 0 Å². The zero-order valence-corrected chi connectivity index (χ0v) is 27.7. The summed E-state index contributed by atoms with van der Waals surface area (Å²) < 4.78 is 0. The largest absolute Gasteiger partial charge is 0.0616 e. The predicted molar refractivity (Wildman–Crippen MR) is 210 cm³/mol. The molecule has 0 amide bonds. The fourth-order valence-electron chi connectivity index (χ4n) is 8.90. The normalized spacial score (nSPS) is 13.3. The van der Waals surface area contributed by atoms with Crippen molar-refractivity contribution in [2.75, 3.05) is 0 Å². The molecule has 0 unspecified atom stereocenters. The molecular weight excluding hydrogens is 589 g/mol. The molecule has 9 aromatic rings. The molecule has 1 aliphatic carbocycles. The minimum Gasteiger partial charge on any atom is -0.0616 e. The quantitative estimate of drug-likeness (QED) is 0.172. The summed E-state index contributed by atoms with van der Waals surface area (Å²) in [6.07, 6.45) is 0. The molecule has 0 nitrogen and oxygen atoms in total. The van der Waals surface area contributed by atoms with Crippen molar-refractivity contribution < 1.29 is 0 Å². The van der Waals surface area contributed by atoms with E-state index in [1.165, 1.54) is 98.7 Å². The lowest BCUT2D eigenvalue weighted by atomic mass is 9.77. The number of hydrogen-bond acceptors (Lipinski definition) is 0. The third-order valence-electron chi connectivity index (χ3n) is 11.0. The van der Waals surface area contributed by atoms with Crippen molar-refractivity contribution in [1.82, 2.24) is 0 Å². The van der Waals surface area contributed by atoms with Gasteiger partial charge in [0.1, 0.15) is 0 Å². The van der Waals surface area contributed by atoms with Crippen LogP contribution in [0.3, 0.4) is 0 Å². The van der Waals surface area contributed by atoms with Crippen LogP contribution in [0.2, 0.25) is 0 Å². The predicted octanol–water partition coefficient (Wildman–Crippen LogP) is 13.6. The lowest BCUT2D eigenvalue weighted by Crippen LogP contribution is -2.16. The van der Waals surface area contributed by atoms with Gasteiger partial charge in [-0.2, -0.15) is 0 Å². The van der Waals surface area contributed by atoms with Crippen molar-refractivity contribution in [2.24, 2.45) is 0 Å². The minimum absolute atomic E-state index is 0.119. The molecule has 9 aromatic carbocycles. The molecule has 0 aromatic heterocycles. The van der Waals surface area contributed by atoms with Gasteiger partial charge >= 0.3 is 0 Å². The smallest absolute Gasteiger partial charge is 0.0171 e. The first-order valence-electron chi connectivity index (χ1n) is 17.3. The standard InChI is InChI=1S/C49H34/c1-49(2)47-38(20-11-21-43(47)44-29-28-32-13-5-6-15-37(32)48(44)49)33-23-25-34(26-24-33)45-39-16-7-9-18-41(39)46(42-19-10-8-17-40(42)45)36-27-22-31-12-3-4-14-35(31)30-36/h3-30H,1-2H3. The third-order valence-corrected chi connectivity index (χ3v) is 11.0. The Kier molecular flexibility index (Phi) is 6.02. The van der Waals surface area contributed by atoms with E-state index in [2.05, 4.69) is 184 Å². The first-order chi connectivity index (χ1) is 24.1. The fraction of sp³-hybridized carbons (Fsp3) is 0.0612. The van der Waals surface area contributed by atoms with Gasteiger partial charge < -0.3 is 0 Å². The van der Waals surface area contributed by atoms with Crippen LogP contribution in [-0.4, -0.2) is 0 Å². The summed E-state index contributed by atoms with van der Waals surface area (Å²) in [7, 11) is 0. The van der Waals surface area contributed by atoms with E-state index in [1.807, 2.05) is 0 Å². The zero-order valence-electron chi connectivity index (χ0n) is 27.7. The highest BCUT2D eigenvalue weighted by Crippen LogP contribution is 2.54. The van der Waals surface area contributed by atoms with Crippen molar-refractivity contribution in [3.05, 3.63) is 181 Å². The summed E-state index contributed by atoms with van der Waals surface area (Å²) in [6.45, 7) is 4.80. The van der Waals surface area contributed by atoms with Crippen LogP contribution in [0.25, 0.3) is 87.6 Å². The molecule has 10 rings (SSSR count). The topological polar surface area (TPSA) is 0 Å². The lowest BCUT2D eigenvalue weighted by Gasteiger charge is -2.26. The molecule has 0 heteroatoms. The van der Waals surface area contributed by atoms with Gasteiger partial charge in [0.2, 0.25) is 0 Å². The van der Waals surface area contributed by atoms with Gasteiger partial charge in [-0.25, -0.2) is 0 Å². The fourth-order valence-corrected chi connectivity index (χ4v) is 8.90. The van der Waals surface area contributed by atoms with Crippen molar-refractivity contribution in [2.45, 2.75) is 19.3 Å². The van der Waals surface area contributed by atoms with E-state index in [0.29, 0.717) is 0 Å². The average molecular weight is 623 g/mol. The maximum Gasteiger partial charge on any atom is 0.0171 e. The molecule has 0 aliphatic heterocycles. The van der Waals surface area contributed by atoms with Gasteiger partial charge in [0.15, 0.2) is 0 Å². The van der Waals surface area contributed by atoms with Gasteiger partial charge in [-0.1, -0.05) is 178 Å². The van der Waals surface area contributed by atoms with Gasteiger partial charge in [-0.05, 0) is 105 Å². The van der Waals surface area contributed by atoms with Crippen LogP contribution in [0, 0.1) is 0 Å².